The molecule has 1 saturated heterocycles. The first kappa shape index (κ1) is 13.9. The number of benzene rings is 1. The van der Waals surface area contributed by atoms with Crippen molar-refractivity contribution in [2.75, 3.05) is 26.3 Å². The zero-order valence-corrected chi connectivity index (χ0v) is 12.7. The predicted octanol–water partition coefficient (Wildman–Crippen LogP) is 1.66. The Kier molecular flexibility index (Phi) is 3.45. The minimum Gasteiger partial charge on any atom is -0.486 e. The molecule has 3 unspecified atom stereocenters. The first-order valence-corrected chi connectivity index (χ1v) is 8.17. The zero-order valence-electron chi connectivity index (χ0n) is 12.7. The van der Waals surface area contributed by atoms with Gasteiger partial charge in [0, 0.05) is 24.7 Å². The fourth-order valence-electron chi connectivity index (χ4n) is 4.04. The van der Waals surface area contributed by atoms with Gasteiger partial charge in [-0.25, -0.2) is 0 Å². The average molecular weight is 302 g/mol. The van der Waals surface area contributed by atoms with Crippen LogP contribution in [0.3, 0.4) is 0 Å². The van der Waals surface area contributed by atoms with Crippen molar-refractivity contribution in [2.45, 2.75) is 25.3 Å². The molecule has 2 N–H and O–H groups in total. The van der Waals surface area contributed by atoms with Crippen molar-refractivity contribution < 1.29 is 14.3 Å². The van der Waals surface area contributed by atoms with E-state index in [9.17, 15) is 4.79 Å². The Morgan fingerprint density at radius 2 is 1.95 bits per heavy atom. The van der Waals surface area contributed by atoms with E-state index in [4.69, 9.17) is 15.2 Å². The van der Waals surface area contributed by atoms with E-state index in [-0.39, 0.29) is 11.9 Å². The maximum Gasteiger partial charge on any atom is 0.254 e. The molecule has 2 heterocycles. The Morgan fingerprint density at radius 3 is 2.77 bits per heavy atom. The van der Waals surface area contributed by atoms with Crippen LogP contribution < -0.4 is 15.2 Å². The molecule has 1 amide bonds. The maximum absolute atomic E-state index is 12.8. The van der Waals surface area contributed by atoms with E-state index in [0.717, 1.165) is 25.3 Å². The van der Waals surface area contributed by atoms with Gasteiger partial charge in [-0.2, -0.15) is 0 Å². The lowest BCUT2D eigenvalue weighted by Gasteiger charge is -2.29. The molecule has 3 aliphatic rings. The highest BCUT2D eigenvalue weighted by Crippen LogP contribution is 2.37. The van der Waals surface area contributed by atoms with Gasteiger partial charge in [0.25, 0.3) is 5.91 Å². The highest BCUT2D eigenvalue weighted by atomic mass is 16.6. The second-order valence-electron chi connectivity index (χ2n) is 6.59. The summed E-state index contributed by atoms with van der Waals surface area (Å²) in [6.07, 6.45) is 3.48. The highest BCUT2D eigenvalue weighted by Gasteiger charge is 2.40. The predicted molar refractivity (Wildman–Crippen MR) is 82.1 cm³/mol. The van der Waals surface area contributed by atoms with Crippen molar-refractivity contribution in [3.05, 3.63) is 23.8 Å². The number of fused-ring (bicyclic) bond motifs is 2. The summed E-state index contributed by atoms with van der Waals surface area (Å²) in [6.45, 7) is 2.73. The van der Waals surface area contributed by atoms with Gasteiger partial charge >= 0.3 is 0 Å². The smallest absolute Gasteiger partial charge is 0.254 e. The molecular formula is C17H22N2O3. The summed E-state index contributed by atoms with van der Waals surface area (Å²) >= 11 is 0. The van der Waals surface area contributed by atoms with Crippen LogP contribution in [-0.4, -0.2) is 43.2 Å². The summed E-state index contributed by atoms with van der Waals surface area (Å²) in [7, 11) is 0. The number of carbonyl (C=O) groups is 1. The molecule has 3 atom stereocenters. The highest BCUT2D eigenvalue weighted by molar-refractivity contribution is 5.95. The van der Waals surface area contributed by atoms with Crippen LogP contribution >= 0.6 is 0 Å². The summed E-state index contributed by atoms with van der Waals surface area (Å²) in [6, 6.07) is 5.71. The summed E-state index contributed by atoms with van der Waals surface area (Å²) in [5.74, 6) is 2.52. The van der Waals surface area contributed by atoms with Crippen LogP contribution in [0, 0.1) is 11.8 Å². The van der Waals surface area contributed by atoms with Crippen LogP contribution in [0.4, 0.5) is 0 Å². The van der Waals surface area contributed by atoms with Gasteiger partial charge in [0.15, 0.2) is 11.5 Å². The first-order valence-electron chi connectivity index (χ1n) is 8.17. The third kappa shape index (κ3) is 2.33. The van der Waals surface area contributed by atoms with E-state index in [2.05, 4.69) is 0 Å². The molecule has 4 rings (SSSR count). The molecule has 1 aliphatic carbocycles. The Balaban J connectivity index is 1.52. The minimum absolute atomic E-state index is 0.0820. The number of likely N-dealkylation sites (tertiary alicyclic amines) is 1. The largest absolute Gasteiger partial charge is 0.486 e. The van der Waals surface area contributed by atoms with Crippen LogP contribution in [0.2, 0.25) is 0 Å². The molecule has 1 aromatic carbocycles. The third-order valence-electron chi connectivity index (χ3n) is 5.23. The van der Waals surface area contributed by atoms with E-state index in [1.54, 1.807) is 6.07 Å². The van der Waals surface area contributed by atoms with E-state index in [0.29, 0.717) is 36.4 Å². The van der Waals surface area contributed by atoms with Crippen molar-refractivity contribution in [3.63, 3.8) is 0 Å². The molecule has 2 fully saturated rings. The summed E-state index contributed by atoms with van der Waals surface area (Å²) in [5.41, 5.74) is 6.91. The van der Waals surface area contributed by atoms with Gasteiger partial charge in [-0.15, -0.1) is 0 Å². The summed E-state index contributed by atoms with van der Waals surface area (Å²) in [5, 5.41) is 0. The Bertz CT molecular complexity index is 589. The van der Waals surface area contributed by atoms with E-state index in [1.165, 1.54) is 12.8 Å². The van der Waals surface area contributed by atoms with Crippen LogP contribution in [0.1, 0.15) is 29.6 Å². The van der Waals surface area contributed by atoms with Crippen molar-refractivity contribution in [1.29, 1.82) is 0 Å². The fourth-order valence-corrected chi connectivity index (χ4v) is 4.04. The first-order chi connectivity index (χ1) is 10.7. The number of carbonyl (C=O) groups excluding carboxylic acids is 1. The van der Waals surface area contributed by atoms with Gasteiger partial charge in [0.05, 0.1) is 0 Å². The lowest BCUT2D eigenvalue weighted by Crippen LogP contribution is -2.38. The molecule has 0 spiro atoms. The monoisotopic (exact) mass is 302 g/mol. The van der Waals surface area contributed by atoms with Gasteiger partial charge < -0.3 is 20.1 Å². The number of ether oxygens (including phenoxy) is 2. The van der Waals surface area contributed by atoms with E-state index in [1.807, 2.05) is 17.0 Å². The SMILES string of the molecule is NC1CCCC2CN(C(=O)c3ccc4c(c3)OCCO4)CC12. The molecule has 22 heavy (non-hydrogen) atoms. The Hall–Kier alpha value is -1.75. The second kappa shape index (κ2) is 5.47. The molecular weight excluding hydrogens is 280 g/mol. The van der Waals surface area contributed by atoms with Crippen molar-refractivity contribution >= 4 is 5.91 Å². The van der Waals surface area contributed by atoms with E-state index < -0.39 is 0 Å². The molecule has 2 aliphatic heterocycles. The second-order valence-corrected chi connectivity index (χ2v) is 6.59. The lowest BCUT2D eigenvalue weighted by molar-refractivity contribution is 0.0782. The van der Waals surface area contributed by atoms with Crippen LogP contribution in [-0.2, 0) is 0 Å². The van der Waals surface area contributed by atoms with Crippen LogP contribution in [0.15, 0.2) is 18.2 Å². The summed E-state index contributed by atoms with van der Waals surface area (Å²) < 4.78 is 11.1. The number of nitrogens with two attached hydrogens (primary N) is 1. The minimum atomic E-state index is 0.0820. The van der Waals surface area contributed by atoms with Gasteiger partial charge in [-0.05, 0) is 42.9 Å². The molecule has 0 bridgehead atoms. The Labute approximate surface area is 130 Å². The molecule has 5 nitrogen and oxygen atoms in total. The number of hydrogen-bond donors (Lipinski definition) is 1. The van der Waals surface area contributed by atoms with Crippen LogP contribution in [0.5, 0.6) is 11.5 Å². The number of amides is 1. The topological polar surface area (TPSA) is 64.8 Å². The molecule has 0 radical (unpaired) electrons. The number of nitrogens with zero attached hydrogens (tertiary/aromatic N) is 1. The van der Waals surface area contributed by atoms with Gasteiger partial charge in [0.1, 0.15) is 13.2 Å². The van der Waals surface area contributed by atoms with Crippen molar-refractivity contribution in [2.24, 2.45) is 17.6 Å². The van der Waals surface area contributed by atoms with Crippen molar-refractivity contribution in [3.8, 4) is 11.5 Å². The average Bonchev–Trinajstić information content (AvgIpc) is 2.99. The quantitative estimate of drug-likeness (QED) is 0.857. The standard InChI is InChI=1S/C17H22N2O3/c18-14-3-1-2-12-9-19(10-13(12)14)17(20)11-4-5-15-16(8-11)22-7-6-21-15/h4-5,8,12-14H,1-3,6-7,9-10,18H2. The van der Waals surface area contributed by atoms with E-state index >= 15 is 0 Å². The van der Waals surface area contributed by atoms with Gasteiger partial charge in [-0.3, -0.25) is 4.79 Å². The van der Waals surface area contributed by atoms with Crippen LogP contribution in [0.25, 0.3) is 0 Å². The fraction of sp³-hybridized carbons (Fsp3) is 0.588. The van der Waals surface area contributed by atoms with Gasteiger partial charge in [0.2, 0.25) is 0 Å². The Morgan fingerprint density at radius 1 is 1.14 bits per heavy atom. The summed E-state index contributed by atoms with van der Waals surface area (Å²) in [4.78, 5) is 14.7. The number of rotatable bonds is 1. The van der Waals surface area contributed by atoms with Gasteiger partial charge in [-0.1, -0.05) is 6.42 Å². The molecule has 1 saturated carbocycles. The number of hydrogen-bond acceptors (Lipinski definition) is 4. The molecule has 5 heteroatoms. The molecule has 1 aromatic rings. The molecule has 0 aromatic heterocycles. The normalized spacial score (nSPS) is 30.0. The third-order valence-corrected chi connectivity index (χ3v) is 5.23. The molecule has 118 valence electrons. The lowest BCUT2D eigenvalue weighted by atomic mass is 9.78. The maximum atomic E-state index is 12.8. The van der Waals surface area contributed by atoms with Crippen molar-refractivity contribution in [1.82, 2.24) is 4.90 Å². The zero-order chi connectivity index (χ0) is 15.1.